The van der Waals surface area contributed by atoms with Crippen LogP contribution in [0.4, 0.5) is 0 Å². The van der Waals surface area contributed by atoms with Gasteiger partial charge < -0.3 is 4.48 Å². The summed E-state index contributed by atoms with van der Waals surface area (Å²) < 4.78 is 0.746. The fourth-order valence-electron chi connectivity index (χ4n) is 15.5. The van der Waals surface area contributed by atoms with Gasteiger partial charge in [0.15, 0.2) is 0 Å². The lowest BCUT2D eigenvalue weighted by Crippen LogP contribution is -2.44. The van der Waals surface area contributed by atoms with Crippen LogP contribution >= 0.6 is 0 Å². The molecule has 0 unspecified atom stereocenters. The number of quaternary nitrogens is 1. The summed E-state index contributed by atoms with van der Waals surface area (Å²) in [5.41, 5.74) is 21.2. The van der Waals surface area contributed by atoms with Gasteiger partial charge in [-0.25, -0.2) is 0 Å². The lowest BCUT2D eigenvalue weighted by molar-refractivity contribution is -0.977. The molecular formula is C84H56N+. The van der Waals surface area contributed by atoms with Crippen molar-refractivity contribution in [3.8, 4) is 66.8 Å². The smallest absolute Gasteiger partial charge is 0.106 e. The van der Waals surface area contributed by atoms with Gasteiger partial charge in [0.05, 0.1) is 0 Å². The average Bonchev–Trinajstić information content (AvgIpc) is 2.03. The van der Waals surface area contributed by atoms with E-state index >= 15 is 0 Å². The zero-order chi connectivity index (χ0) is 55.7. The first-order chi connectivity index (χ1) is 42.0. The molecule has 0 saturated heterocycles. The molecule has 0 fully saturated rings. The standard InChI is InChI=1S/C84H56N/c1-5-21-57-41-65(37-33-53(57)17-1)73-45-61-25-9-13-29-69(61)81-77(73)49-85(50-78-74(46-62-26-10-14-30-70(62)82(78)81)66-38-34-54-18-2-6-22-58(54)42-66)51-79-75(67-39-35-55-19-3-7-23-59(55)43-67)47-63-27-11-15-31-71(63)83(79)84-72-32-16-12-28-64(72)48-76(80(84)52-85)68-40-36-56-20-4-8-24-60(56)44-68/h1-48H,49-52H2/q+1. The maximum absolute atomic E-state index is 2.54. The Bertz CT molecular complexity index is 4820. The maximum atomic E-state index is 2.54. The molecule has 85 heavy (non-hydrogen) atoms. The number of fused-ring (bicyclic) bond motifs is 18. The Morgan fingerprint density at radius 2 is 0.376 bits per heavy atom. The lowest BCUT2D eigenvalue weighted by Gasteiger charge is -2.39. The summed E-state index contributed by atoms with van der Waals surface area (Å²) in [6.45, 7) is 3.15. The average molecular weight is 1080 g/mol. The molecule has 2 heterocycles. The molecular weight excluding hydrogens is 1020 g/mol. The number of hydrogen-bond acceptors (Lipinski definition) is 0. The topological polar surface area (TPSA) is 0 Å². The molecule has 1 nitrogen and oxygen atoms in total. The predicted octanol–water partition coefficient (Wildman–Crippen LogP) is 22.5. The Labute approximate surface area is 494 Å². The minimum Gasteiger partial charge on any atom is -0.308 e. The van der Waals surface area contributed by atoms with E-state index in [1.54, 1.807) is 0 Å². The minimum atomic E-state index is 0.746. The van der Waals surface area contributed by atoms with Gasteiger partial charge in [0, 0.05) is 44.5 Å². The predicted molar refractivity (Wildman–Crippen MR) is 361 cm³/mol. The summed E-state index contributed by atoms with van der Waals surface area (Å²) in [6.07, 6.45) is 0. The fourth-order valence-corrected chi connectivity index (χ4v) is 15.5. The highest BCUT2D eigenvalue weighted by atomic mass is 15.4. The summed E-state index contributed by atoms with van der Waals surface area (Å²) in [4.78, 5) is 0. The van der Waals surface area contributed by atoms with E-state index in [1.807, 2.05) is 0 Å². The van der Waals surface area contributed by atoms with E-state index < -0.39 is 0 Å². The van der Waals surface area contributed by atoms with Crippen molar-refractivity contribution in [1.82, 2.24) is 0 Å². The van der Waals surface area contributed by atoms with E-state index in [4.69, 9.17) is 0 Å². The second-order valence-electron chi connectivity index (χ2n) is 24.2. The molecule has 0 saturated carbocycles. The van der Waals surface area contributed by atoms with Crippen LogP contribution in [-0.4, -0.2) is 4.48 Å². The van der Waals surface area contributed by atoms with Crippen molar-refractivity contribution in [1.29, 1.82) is 0 Å². The van der Waals surface area contributed by atoms with Crippen molar-refractivity contribution < 1.29 is 4.48 Å². The van der Waals surface area contributed by atoms with Crippen LogP contribution < -0.4 is 0 Å². The van der Waals surface area contributed by atoms with E-state index in [2.05, 4.69) is 291 Å². The quantitative estimate of drug-likeness (QED) is 0.154. The molecule has 0 N–H and O–H groups in total. The molecule has 0 bridgehead atoms. The summed E-state index contributed by atoms with van der Waals surface area (Å²) in [5, 5.41) is 20.2. The van der Waals surface area contributed by atoms with Gasteiger partial charge in [0.1, 0.15) is 26.2 Å². The first-order valence-electron chi connectivity index (χ1n) is 30.1. The van der Waals surface area contributed by atoms with Crippen LogP contribution in [0.15, 0.2) is 291 Å². The third-order valence-corrected chi connectivity index (χ3v) is 19.3. The summed E-state index contributed by atoms with van der Waals surface area (Å²) in [7, 11) is 0. The minimum absolute atomic E-state index is 0.746. The molecule has 18 rings (SSSR count). The fraction of sp³-hybridized carbons (Fsp3) is 0.0476. The molecule has 0 aliphatic carbocycles. The Balaban J connectivity index is 1.03. The molecule has 0 radical (unpaired) electrons. The highest BCUT2D eigenvalue weighted by Gasteiger charge is 2.43. The van der Waals surface area contributed by atoms with Gasteiger partial charge in [-0.2, -0.15) is 0 Å². The molecule has 0 atom stereocenters. The molecule has 1 heteroatoms. The second kappa shape index (κ2) is 18.8. The Morgan fingerprint density at radius 3 is 0.612 bits per heavy atom. The Hall–Kier alpha value is -10.4. The molecule has 2 aliphatic heterocycles. The first-order valence-corrected chi connectivity index (χ1v) is 30.1. The second-order valence-corrected chi connectivity index (χ2v) is 24.2. The van der Waals surface area contributed by atoms with Crippen LogP contribution in [0.5, 0.6) is 0 Å². The van der Waals surface area contributed by atoms with Gasteiger partial charge >= 0.3 is 0 Å². The molecule has 16 aromatic carbocycles. The summed E-state index contributed by atoms with van der Waals surface area (Å²) >= 11 is 0. The number of rotatable bonds is 4. The Morgan fingerprint density at radius 1 is 0.176 bits per heavy atom. The SMILES string of the molecule is c1ccc2cc(-c3cc4ccccc4c4c3C[N+]3(Cc5c(-c6ccc7ccccc7c6)cc6ccccc6c5-4)Cc4c(-c5ccc6ccccc6c5)cc5ccccc5c4-c4c(c(-c5ccc6ccccc6c5)cc5ccccc45)C3)ccc2c1. The van der Waals surface area contributed by atoms with Crippen molar-refractivity contribution in [2.75, 3.05) is 0 Å². The molecule has 396 valence electrons. The van der Waals surface area contributed by atoms with E-state index in [9.17, 15) is 0 Å². The largest absolute Gasteiger partial charge is 0.308 e. The highest BCUT2D eigenvalue weighted by molar-refractivity contribution is 6.15. The third-order valence-electron chi connectivity index (χ3n) is 19.3. The monoisotopic (exact) mass is 1080 g/mol. The normalized spacial score (nSPS) is 13.6. The molecule has 1 spiro atoms. The number of benzene rings is 16. The van der Waals surface area contributed by atoms with Gasteiger partial charge in [0.25, 0.3) is 0 Å². The summed E-state index contributed by atoms with van der Waals surface area (Å²) in [6, 6.07) is 111. The van der Waals surface area contributed by atoms with E-state index in [1.165, 1.54) is 175 Å². The van der Waals surface area contributed by atoms with E-state index in [0.717, 1.165) is 30.7 Å². The van der Waals surface area contributed by atoms with Crippen LogP contribution in [0, 0.1) is 0 Å². The van der Waals surface area contributed by atoms with Crippen molar-refractivity contribution in [2.24, 2.45) is 0 Å². The van der Waals surface area contributed by atoms with Crippen molar-refractivity contribution in [3.05, 3.63) is 313 Å². The third kappa shape index (κ3) is 7.67. The van der Waals surface area contributed by atoms with Crippen LogP contribution in [0.1, 0.15) is 22.3 Å². The van der Waals surface area contributed by atoms with Gasteiger partial charge in [0.2, 0.25) is 0 Å². The van der Waals surface area contributed by atoms with Crippen molar-refractivity contribution in [3.63, 3.8) is 0 Å². The highest BCUT2D eigenvalue weighted by Crippen LogP contribution is 2.56. The van der Waals surface area contributed by atoms with Crippen LogP contribution in [0.2, 0.25) is 0 Å². The van der Waals surface area contributed by atoms with Crippen LogP contribution in [0.25, 0.3) is 153 Å². The van der Waals surface area contributed by atoms with Crippen LogP contribution in [0.3, 0.4) is 0 Å². The molecule has 0 amide bonds. The lowest BCUT2D eigenvalue weighted by atomic mass is 9.82. The van der Waals surface area contributed by atoms with Gasteiger partial charge in [-0.05, 0) is 179 Å². The molecule has 2 aliphatic rings. The molecule has 16 aromatic rings. The zero-order valence-corrected chi connectivity index (χ0v) is 47.0. The first kappa shape index (κ1) is 48.1. The van der Waals surface area contributed by atoms with Crippen molar-refractivity contribution >= 4 is 86.2 Å². The van der Waals surface area contributed by atoms with E-state index in [-0.39, 0.29) is 0 Å². The summed E-state index contributed by atoms with van der Waals surface area (Å²) in [5.74, 6) is 0. The van der Waals surface area contributed by atoms with Gasteiger partial charge in [-0.15, -0.1) is 0 Å². The zero-order valence-electron chi connectivity index (χ0n) is 47.0. The van der Waals surface area contributed by atoms with Gasteiger partial charge in [-0.1, -0.05) is 243 Å². The Kier molecular flexibility index (Phi) is 10.6. The van der Waals surface area contributed by atoms with Gasteiger partial charge in [-0.3, -0.25) is 0 Å². The number of nitrogens with zero attached hydrogens (tertiary/aromatic N) is 1. The van der Waals surface area contributed by atoms with Crippen molar-refractivity contribution in [2.45, 2.75) is 26.2 Å². The molecule has 0 aromatic heterocycles. The number of hydrogen-bond donors (Lipinski definition) is 0. The van der Waals surface area contributed by atoms with Crippen LogP contribution in [-0.2, 0) is 26.2 Å². The maximum Gasteiger partial charge on any atom is 0.106 e. The van der Waals surface area contributed by atoms with E-state index in [0.29, 0.717) is 0 Å².